The molecule has 0 unspecified atom stereocenters. The zero-order valence-corrected chi connectivity index (χ0v) is 8.74. The molecule has 2 rings (SSSR count). The minimum absolute atomic E-state index is 0.0295. The van der Waals surface area contributed by atoms with Gasteiger partial charge in [-0.1, -0.05) is 6.07 Å². The van der Waals surface area contributed by atoms with E-state index >= 15 is 0 Å². The van der Waals surface area contributed by atoms with Gasteiger partial charge in [0.1, 0.15) is 5.82 Å². The number of esters is 1. The molecule has 0 N–H and O–H groups in total. The second-order valence-corrected chi connectivity index (χ2v) is 3.39. The van der Waals surface area contributed by atoms with Gasteiger partial charge >= 0.3 is 5.97 Å². The van der Waals surface area contributed by atoms with Crippen LogP contribution in [-0.2, 0) is 16.0 Å². The topological polar surface area (TPSA) is 39.2 Å². The summed E-state index contributed by atoms with van der Waals surface area (Å²) in [6, 6.07) is 6.19. The highest BCUT2D eigenvalue weighted by Gasteiger charge is 2.09. The van der Waals surface area contributed by atoms with Crippen molar-refractivity contribution in [2.45, 2.75) is 6.42 Å². The van der Waals surface area contributed by atoms with E-state index in [1.165, 1.54) is 19.2 Å². The maximum absolute atomic E-state index is 13.3. The molecule has 3 nitrogen and oxygen atoms in total. The minimum Gasteiger partial charge on any atom is -0.469 e. The lowest BCUT2D eigenvalue weighted by Gasteiger charge is -2.04. The molecule has 1 aromatic heterocycles. The first kappa shape index (κ1) is 10.5. The Balaban J connectivity index is 2.54. The molecule has 82 valence electrons. The predicted octanol–water partition coefficient (Wildman–Crippen LogP) is 2.09. The SMILES string of the molecule is COC(=O)Cc1cc(F)cc2cccnc12. The Labute approximate surface area is 91.9 Å². The van der Waals surface area contributed by atoms with Crippen molar-refractivity contribution in [2.24, 2.45) is 0 Å². The van der Waals surface area contributed by atoms with E-state index in [1.54, 1.807) is 18.3 Å². The number of benzene rings is 1. The van der Waals surface area contributed by atoms with E-state index in [1.807, 2.05) is 0 Å². The van der Waals surface area contributed by atoms with Crippen LogP contribution in [-0.4, -0.2) is 18.1 Å². The Bertz CT molecular complexity index is 540. The van der Waals surface area contributed by atoms with Crippen molar-refractivity contribution in [3.05, 3.63) is 41.8 Å². The normalized spacial score (nSPS) is 10.4. The van der Waals surface area contributed by atoms with Crippen molar-refractivity contribution in [2.75, 3.05) is 7.11 Å². The quantitative estimate of drug-likeness (QED) is 0.726. The molecule has 0 radical (unpaired) electrons. The summed E-state index contributed by atoms with van der Waals surface area (Å²) in [5.41, 5.74) is 1.18. The van der Waals surface area contributed by atoms with Crippen LogP contribution in [0.2, 0.25) is 0 Å². The Morgan fingerprint density at radius 2 is 2.31 bits per heavy atom. The third kappa shape index (κ3) is 2.00. The van der Waals surface area contributed by atoms with Crippen LogP contribution in [0.3, 0.4) is 0 Å². The van der Waals surface area contributed by atoms with E-state index in [2.05, 4.69) is 9.72 Å². The number of fused-ring (bicyclic) bond motifs is 1. The molecule has 0 atom stereocenters. The number of ether oxygens (including phenoxy) is 1. The zero-order chi connectivity index (χ0) is 11.5. The molecule has 0 amide bonds. The van der Waals surface area contributed by atoms with Crippen LogP contribution < -0.4 is 0 Å². The van der Waals surface area contributed by atoms with Crippen LogP contribution >= 0.6 is 0 Å². The summed E-state index contributed by atoms with van der Waals surface area (Å²) >= 11 is 0. The van der Waals surface area contributed by atoms with Gasteiger partial charge in [0.2, 0.25) is 0 Å². The van der Waals surface area contributed by atoms with Crippen molar-refractivity contribution in [3.8, 4) is 0 Å². The number of pyridine rings is 1. The van der Waals surface area contributed by atoms with Gasteiger partial charge in [-0.3, -0.25) is 9.78 Å². The second kappa shape index (κ2) is 4.26. The zero-order valence-electron chi connectivity index (χ0n) is 8.74. The summed E-state index contributed by atoms with van der Waals surface area (Å²) in [5.74, 6) is -0.781. The Morgan fingerprint density at radius 3 is 3.06 bits per heavy atom. The van der Waals surface area contributed by atoms with E-state index < -0.39 is 5.97 Å². The summed E-state index contributed by atoms with van der Waals surface area (Å²) < 4.78 is 17.8. The molecular formula is C12H10FNO2. The van der Waals surface area contributed by atoms with E-state index in [0.717, 1.165) is 0 Å². The number of carbonyl (C=O) groups excluding carboxylic acids is 1. The van der Waals surface area contributed by atoms with Crippen LogP contribution in [0.1, 0.15) is 5.56 Å². The third-order valence-electron chi connectivity index (χ3n) is 2.31. The highest BCUT2D eigenvalue weighted by molar-refractivity contribution is 5.85. The van der Waals surface area contributed by atoms with Gasteiger partial charge in [-0.15, -0.1) is 0 Å². The minimum atomic E-state index is -0.405. The Hall–Kier alpha value is -1.97. The van der Waals surface area contributed by atoms with Gasteiger partial charge in [0.15, 0.2) is 0 Å². The van der Waals surface area contributed by atoms with Crippen LogP contribution in [0.15, 0.2) is 30.5 Å². The van der Waals surface area contributed by atoms with Crippen molar-refractivity contribution in [1.29, 1.82) is 0 Å². The second-order valence-electron chi connectivity index (χ2n) is 3.39. The number of hydrogen-bond acceptors (Lipinski definition) is 3. The molecule has 0 aliphatic rings. The first-order valence-corrected chi connectivity index (χ1v) is 4.80. The maximum Gasteiger partial charge on any atom is 0.310 e. The molecular weight excluding hydrogens is 209 g/mol. The number of halogens is 1. The fourth-order valence-corrected chi connectivity index (χ4v) is 1.59. The van der Waals surface area contributed by atoms with Gasteiger partial charge < -0.3 is 4.74 Å². The maximum atomic E-state index is 13.3. The van der Waals surface area contributed by atoms with Crippen molar-refractivity contribution >= 4 is 16.9 Å². The molecule has 4 heteroatoms. The summed E-state index contributed by atoms with van der Waals surface area (Å²) in [4.78, 5) is 15.3. The summed E-state index contributed by atoms with van der Waals surface area (Å²) in [6.45, 7) is 0. The van der Waals surface area contributed by atoms with Gasteiger partial charge in [-0.25, -0.2) is 4.39 Å². The van der Waals surface area contributed by atoms with Crippen LogP contribution in [0.4, 0.5) is 4.39 Å². The van der Waals surface area contributed by atoms with Gasteiger partial charge in [-0.2, -0.15) is 0 Å². The fraction of sp³-hybridized carbons (Fsp3) is 0.167. The van der Waals surface area contributed by atoms with Crippen molar-refractivity contribution < 1.29 is 13.9 Å². The monoisotopic (exact) mass is 219 g/mol. The molecule has 0 bridgehead atoms. The molecule has 0 saturated heterocycles. The molecule has 0 aliphatic heterocycles. The summed E-state index contributed by atoms with van der Waals surface area (Å²) in [7, 11) is 1.30. The number of methoxy groups -OCH3 is 1. The Kier molecular flexibility index (Phi) is 2.81. The summed E-state index contributed by atoms with van der Waals surface area (Å²) in [5, 5.41) is 0.682. The largest absolute Gasteiger partial charge is 0.469 e. The van der Waals surface area contributed by atoms with Crippen molar-refractivity contribution in [1.82, 2.24) is 4.98 Å². The van der Waals surface area contributed by atoms with Crippen molar-refractivity contribution in [3.63, 3.8) is 0 Å². The molecule has 2 aromatic rings. The number of carbonyl (C=O) groups is 1. The number of aromatic nitrogens is 1. The summed E-state index contributed by atoms with van der Waals surface area (Å²) in [6.07, 6.45) is 1.64. The molecule has 0 fully saturated rings. The van der Waals surface area contributed by atoms with E-state index in [0.29, 0.717) is 16.5 Å². The molecule has 0 spiro atoms. The number of nitrogens with zero attached hydrogens (tertiary/aromatic N) is 1. The first-order chi connectivity index (χ1) is 7.70. The number of rotatable bonds is 2. The molecule has 16 heavy (non-hydrogen) atoms. The van der Waals surface area contributed by atoms with Gasteiger partial charge in [-0.05, 0) is 23.8 Å². The van der Waals surface area contributed by atoms with E-state index in [4.69, 9.17) is 0 Å². The smallest absolute Gasteiger partial charge is 0.310 e. The van der Waals surface area contributed by atoms with Gasteiger partial charge in [0, 0.05) is 11.6 Å². The lowest BCUT2D eigenvalue weighted by Crippen LogP contribution is -2.05. The molecule has 0 saturated carbocycles. The highest BCUT2D eigenvalue weighted by Crippen LogP contribution is 2.19. The Morgan fingerprint density at radius 1 is 1.50 bits per heavy atom. The average Bonchev–Trinajstić information content (AvgIpc) is 2.28. The lowest BCUT2D eigenvalue weighted by molar-refractivity contribution is -0.139. The lowest BCUT2D eigenvalue weighted by atomic mass is 10.1. The van der Waals surface area contributed by atoms with Crippen LogP contribution in [0.25, 0.3) is 10.9 Å². The van der Waals surface area contributed by atoms with Crippen LogP contribution in [0, 0.1) is 5.82 Å². The van der Waals surface area contributed by atoms with Crippen LogP contribution in [0.5, 0.6) is 0 Å². The molecule has 1 aromatic carbocycles. The molecule has 1 heterocycles. The standard InChI is InChI=1S/C12H10FNO2/c1-16-11(15)7-9-6-10(13)5-8-3-2-4-14-12(8)9/h2-6H,7H2,1H3. The highest BCUT2D eigenvalue weighted by atomic mass is 19.1. The first-order valence-electron chi connectivity index (χ1n) is 4.80. The van der Waals surface area contributed by atoms with E-state index in [-0.39, 0.29) is 12.2 Å². The molecule has 0 aliphatic carbocycles. The van der Waals surface area contributed by atoms with E-state index in [9.17, 15) is 9.18 Å². The average molecular weight is 219 g/mol. The van der Waals surface area contributed by atoms with Gasteiger partial charge in [0.25, 0.3) is 0 Å². The number of hydrogen-bond donors (Lipinski definition) is 0. The fourth-order valence-electron chi connectivity index (χ4n) is 1.59. The third-order valence-corrected chi connectivity index (χ3v) is 2.31. The predicted molar refractivity (Wildman–Crippen MR) is 57.4 cm³/mol. The van der Waals surface area contributed by atoms with Gasteiger partial charge in [0.05, 0.1) is 19.0 Å².